The normalized spacial score (nSPS) is 20.7. The summed E-state index contributed by atoms with van der Waals surface area (Å²) in [6.07, 6.45) is 2.93. The Morgan fingerprint density at radius 1 is 1.08 bits per heavy atom. The van der Waals surface area contributed by atoms with Crippen LogP contribution in [0.25, 0.3) is 0 Å². The Hall–Kier alpha value is -1.26. The van der Waals surface area contributed by atoms with E-state index < -0.39 is 0 Å². The van der Waals surface area contributed by atoms with Gasteiger partial charge in [-0.15, -0.1) is 0 Å². The molecule has 24 heavy (non-hydrogen) atoms. The summed E-state index contributed by atoms with van der Waals surface area (Å²) in [7, 11) is 0. The number of rotatable bonds is 5. The van der Waals surface area contributed by atoms with Crippen molar-refractivity contribution >= 4 is 40.7 Å². The van der Waals surface area contributed by atoms with Gasteiger partial charge in [0.05, 0.1) is 10.7 Å². The highest BCUT2D eigenvalue weighted by Gasteiger charge is 2.30. The van der Waals surface area contributed by atoms with Crippen LogP contribution in [0.1, 0.15) is 39.5 Å². The molecule has 1 saturated carbocycles. The van der Waals surface area contributed by atoms with Crippen LogP contribution in [-0.2, 0) is 9.59 Å². The number of carbonyl (C=O) groups excluding carboxylic acids is 2. The van der Waals surface area contributed by atoms with Crippen LogP contribution >= 0.6 is 23.2 Å². The highest BCUT2D eigenvalue weighted by molar-refractivity contribution is 6.36. The maximum absolute atomic E-state index is 12.4. The Morgan fingerprint density at radius 3 is 2.21 bits per heavy atom. The Kier molecular flexibility index (Phi) is 6.93. The van der Waals surface area contributed by atoms with Crippen molar-refractivity contribution in [1.82, 2.24) is 5.32 Å². The molecule has 0 radical (unpaired) electrons. The largest absolute Gasteiger partial charge is 0.356 e. The molecule has 132 valence electrons. The topological polar surface area (TPSA) is 58.2 Å². The third kappa shape index (κ3) is 5.38. The third-order valence-electron chi connectivity index (χ3n) is 4.34. The maximum atomic E-state index is 12.4. The van der Waals surface area contributed by atoms with Crippen LogP contribution in [0.15, 0.2) is 18.2 Å². The fourth-order valence-electron chi connectivity index (χ4n) is 2.89. The van der Waals surface area contributed by atoms with Gasteiger partial charge in [0.2, 0.25) is 11.8 Å². The molecule has 2 rings (SSSR count). The lowest BCUT2D eigenvalue weighted by Gasteiger charge is -2.27. The van der Waals surface area contributed by atoms with Crippen molar-refractivity contribution in [3.8, 4) is 0 Å². The van der Waals surface area contributed by atoms with Crippen LogP contribution in [0, 0.1) is 17.8 Å². The Bertz CT molecular complexity index is 597. The summed E-state index contributed by atoms with van der Waals surface area (Å²) in [6.45, 7) is 4.85. The fourth-order valence-corrected chi connectivity index (χ4v) is 3.35. The van der Waals surface area contributed by atoms with Gasteiger partial charge in [0.25, 0.3) is 0 Å². The van der Waals surface area contributed by atoms with Gasteiger partial charge in [0.15, 0.2) is 0 Å². The first-order chi connectivity index (χ1) is 11.4. The van der Waals surface area contributed by atoms with Gasteiger partial charge in [-0.1, -0.05) is 37.0 Å². The molecule has 0 bridgehead atoms. The van der Waals surface area contributed by atoms with Crippen LogP contribution in [0.4, 0.5) is 5.69 Å². The first-order valence-corrected chi connectivity index (χ1v) is 9.16. The molecule has 0 aromatic heterocycles. The summed E-state index contributed by atoms with van der Waals surface area (Å²) in [5, 5.41) is 6.80. The Balaban J connectivity index is 1.83. The molecule has 0 atom stereocenters. The number of hydrogen-bond acceptors (Lipinski definition) is 2. The molecule has 6 heteroatoms. The SMILES string of the molecule is CC(C)CNC(=O)C1CCC(C(=O)Nc2ccc(Cl)cc2Cl)CC1. The smallest absolute Gasteiger partial charge is 0.227 e. The number of benzene rings is 1. The zero-order chi connectivity index (χ0) is 17.7. The fraction of sp³-hybridized carbons (Fsp3) is 0.556. The first-order valence-electron chi connectivity index (χ1n) is 8.40. The number of carbonyl (C=O) groups is 2. The monoisotopic (exact) mass is 370 g/mol. The van der Waals surface area contributed by atoms with E-state index in [1.807, 2.05) is 0 Å². The highest BCUT2D eigenvalue weighted by atomic mass is 35.5. The summed E-state index contributed by atoms with van der Waals surface area (Å²) in [4.78, 5) is 24.5. The lowest BCUT2D eigenvalue weighted by molar-refractivity contribution is -0.128. The lowest BCUT2D eigenvalue weighted by atomic mass is 9.81. The summed E-state index contributed by atoms with van der Waals surface area (Å²) in [6, 6.07) is 5.00. The van der Waals surface area contributed by atoms with Gasteiger partial charge < -0.3 is 10.6 Å². The number of anilines is 1. The minimum Gasteiger partial charge on any atom is -0.356 e. The van der Waals surface area contributed by atoms with Crippen LogP contribution in [0.5, 0.6) is 0 Å². The number of amides is 2. The van der Waals surface area contributed by atoms with Crippen LogP contribution in [0.2, 0.25) is 10.0 Å². The van der Waals surface area contributed by atoms with Crippen LogP contribution < -0.4 is 10.6 Å². The predicted octanol–water partition coefficient (Wildman–Crippen LogP) is 4.51. The number of nitrogens with one attached hydrogen (secondary N) is 2. The van der Waals surface area contributed by atoms with Crippen molar-refractivity contribution in [2.45, 2.75) is 39.5 Å². The Morgan fingerprint density at radius 2 is 1.67 bits per heavy atom. The molecule has 0 saturated heterocycles. The second-order valence-electron chi connectivity index (χ2n) is 6.80. The maximum Gasteiger partial charge on any atom is 0.227 e. The minimum absolute atomic E-state index is 0.0203. The van der Waals surface area contributed by atoms with E-state index >= 15 is 0 Å². The molecule has 0 heterocycles. The summed E-state index contributed by atoms with van der Waals surface area (Å²) in [5.41, 5.74) is 0.572. The van der Waals surface area contributed by atoms with E-state index in [2.05, 4.69) is 24.5 Å². The molecule has 0 unspecified atom stereocenters. The molecular weight excluding hydrogens is 347 g/mol. The molecule has 1 aromatic rings. The van der Waals surface area contributed by atoms with Crippen molar-refractivity contribution in [3.63, 3.8) is 0 Å². The average molecular weight is 371 g/mol. The molecule has 1 aromatic carbocycles. The molecule has 2 amide bonds. The number of hydrogen-bond donors (Lipinski definition) is 2. The van der Waals surface area contributed by atoms with E-state index in [1.165, 1.54) is 0 Å². The van der Waals surface area contributed by atoms with Crippen molar-refractivity contribution in [2.75, 3.05) is 11.9 Å². The standard InChI is InChI=1S/C18H24Cl2N2O2/c1-11(2)10-21-17(23)12-3-5-13(6-4-12)18(24)22-16-8-7-14(19)9-15(16)20/h7-9,11-13H,3-6,10H2,1-2H3,(H,21,23)(H,22,24). The van der Waals surface area contributed by atoms with Gasteiger partial charge in [-0.05, 0) is 49.8 Å². The zero-order valence-corrected chi connectivity index (χ0v) is 15.6. The van der Waals surface area contributed by atoms with Crippen molar-refractivity contribution in [3.05, 3.63) is 28.2 Å². The lowest BCUT2D eigenvalue weighted by Crippen LogP contribution is -2.37. The van der Waals surface area contributed by atoms with Gasteiger partial charge in [-0.2, -0.15) is 0 Å². The van der Waals surface area contributed by atoms with Gasteiger partial charge in [0, 0.05) is 23.4 Å². The average Bonchev–Trinajstić information content (AvgIpc) is 2.55. The quantitative estimate of drug-likeness (QED) is 0.800. The molecule has 0 spiro atoms. The van der Waals surface area contributed by atoms with Gasteiger partial charge >= 0.3 is 0 Å². The third-order valence-corrected chi connectivity index (χ3v) is 4.89. The first kappa shape index (κ1) is 19.1. The van der Waals surface area contributed by atoms with Gasteiger partial charge in [-0.3, -0.25) is 9.59 Å². The van der Waals surface area contributed by atoms with E-state index in [9.17, 15) is 9.59 Å². The van der Waals surface area contributed by atoms with Gasteiger partial charge in [0.1, 0.15) is 0 Å². The second-order valence-corrected chi connectivity index (χ2v) is 7.64. The van der Waals surface area contributed by atoms with Gasteiger partial charge in [-0.25, -0.2) is 0 Å². The molecular formula is C18H24Cl2N2O2. The van der Waals surface area contributed by atoms with Crippen molar-refractivity contribution in [1.29, 1.82) is 0 Å². The summed E-state index contributed by atoms with van der Waals surface area (Å²) >= 11 is 11.9. The summed E-state index contributed by atoms with van der Waals surface area (Å²) in [5.74, 6) is 0.460. The zero-order valence-electron chi connectivity index (χ0n) is 14.1. The second kappa shape index (κ2) is 8.72. The molecule has 1 fully saturated rings. The van der Waals surface area contributed by atoms with E-state index in [0.29, 0.717) is 28.2 Å². The minimum atomic E-state index is -0.0779. The molecule has 4 nitrogen and oxygen atoms in total. The van der Waals surface area contributed by atoms with E-state index in [1.54, 1.807) is 18.2 Å². The van der Waals surface area contributed by atoms with Crippen LogP contribution in [-0.4, -0.2) is 18.4 Å². The number of halogens is 2. The van der Waals surface area contributed by atoms with E-state index in [-0.39, 0.29) is 23.7 Å². The summed E-state index contributed by atoms with van der Waals surface area (Å²) < 4.78 is 0. The van der Waals surface area contributed by atoms with Crippen LogP contribution in [0.3, 0.4) is 0 Å². The predicted molar refractivity (Wildman–Crippen MR) is 98.4 cm³/mol. The van der Waals surface area contributed by atoms with E-state index in [0.717, 1.165) is 25.7 Å². The van der Waals surface area contributed by atoms with E-state index in [4.69, 9.17) is 23.2 Å². The molecule has 0 aliphatic heterocycles. The highest BCUT2D eigenvalue weighted by Crippen LogP contribution is 2.31. The molecule has 1 aliphatic rings. The molecule has 1 aliphatic carbocycles. The Labute approximate surface area is 153 Å². The van der Waals surface area contributed by atoms with Crippen molar-refractivity contribution in [2.24, 2.45) is 17.8 Å². The van der Waals surface area contributed by atoms with Crippen molar-refractivity contribution < 1.29 is 9.59 Å². The molecule has 2 N–H and O–H groups in total.